The number of imidazole rings is 1. The molecule has 8 heteroatoms. The van der Waals surface area contributed by atoms with Gasteiger partial charge in [0.1, 0.15) is 17.4 Å². The zero-order valence-electron chi connectivity index (χ0n) is 17.8. The van der Waals surface area contributed by atoms with Gasteiger partial charge in [0, 0.05) is 49.1 Å². The Morgan fingerprint density at radius 1 is 1.19 bits per heavy atom. The van der Waals surface area contributed by atoms with Crippen LogP contribution in [-0.2, 0) is 4.79 Å². The van der Waals surface area contributed by atoms with E-state index in [1.807, 2.05) is 42.5 Å². The molecule has 0 spiro atoms. The number of rotatable bonds is 6. The highest BCUT2D eigenvalue weighted by Gasteiger charge is 2.30. The summed E-state index contributed by atoms with van der Waals surface area (Å²) in [5, 5.41) is 7.44. The molecule has 1 aliphatic heterocycles. The number of carbonyl (C=O) groups is 1. The van der Waals surface area contributed by atoms with Crippen LogP contribution in [0.3, 0.4) is 0 Å². The monoisotopic (exact) mass is 428 g/mol. The number of benzene rings is 1. The van der Waals surface area contributed by atoms with Crippen LogP contribution in [0.25, 0.3) is 27.8 Å². The maximum absolute atomic E-state index is 11.7. The van der Waals surface area contributed by atoms with Crippen molar-refractivity contribution in [3.63, 3.8) is 0 Å². The standard InChI is InChI=1S/C24H24N6O2/c1-15(17-10-23(31)26-11-17)32-22-9-16(8-21-24(22)29(14-27-21)19-2-3-19)18-12-28-30(13-18)20-4-6-25-7-5-20/h4-9,12-15,17,19H,2-3,10-11H2,1H3,(H,26,31)/t15-,17-/m1/s1. The van der Waals surface area contributed by atoms with Crippen molar-refractivity contribution < 1.29 is 9.53 Å². The number of pyridine rings is 1. The van der Waals surface area contributed by atoms with Crippen LogP contribution in [0.5, 0.6) is 5.75 Å². The van der Waals surface area contributed by atoms with Crippen LogP contribution in [0.4, 0.5) is 0 Å². The van der Waals surface area contributed by atoms with Crippen LogP contribution in [0.15, 0.2) is 55.4 Å². The van der Waals surface area contributed by atoms with Gasteiger partial charge in [0.05, 0.1) is 23.7 Å². The number of nitrogens with one attached hydrogen (secondary N) is 1. The molecule has 1 aliphatic carbocycles. The summed E-state index contributed by atoms with van der Waals surface area (Å²) in [4.78, 5) is 20.5. The van der Waals surface area contributed by atoms with Gasteiger partial charge < -0.3 is 14.6 Å². The van der Waals surface area contributed by atoms with E-state index in [0.29, 0.717) is 19.0 Å². The average molecular weight is 428 g/mol. The lowest BCUT2D eigenvalue weighted by Gasteiger charge is -2.21. The normalized spacial score (nSPS) is 19.3. The second-order valence-corrected chi connectivity index (χ2v) is 8.70. The first kappa shape index (κ1) is 19.0. The molecule has 1 amide bonds. The van der Waals surface area contributed by atoms with Crippen molar-refractivity contribution in [1.29, 1.82) is 0 Å². The molecule has 1 saturated heterocycles. The zero-order valence-corrected chi connectivity index (χ0v) is 17.8. The smallest absolute Gasteiger partial charge is 0.220 e. The zero-order chi connectivity index (χ0) is 21.7. The first-order chi connectivity index (χ1) is 15.7. The molecule has 162 valence electrons. The molecule has 8 nitrogen and oxygen atoms in total. The van der Waals surface area contributed by atoms with Crippen molar-refractivity contribution in [2.45, 2.75) is 38.3 Å². The number of ether oxygens (including phenoxy) is 1. The average Bonchev–Trinajstić information content (AvgIpc) is 3.19. The van der Waals surface area contributed by atoms with Gasteiger partial charge in [0.2, 0.25) is 5.91 Å². The van der Waals surface area contributed by atoms with E-state index in [9.17, 15) is 4.79 Å². The highest BCUT2D eigenvalue weighted by Crippen LogP contribution is 2.41. The minimum Gasteiger partial charge on any atom is -0.488 e. The molecule has 0 bridgehead atoms. The van der Waals surface area contributed by atoms with E-state index in [2.05, 4.69) is 37.1 Å². The van der Waals surface area contributed by atoms with E-state index in [0.717, 1.165) is 33.6 Å². The first-order valence-corrected chi connectivity index (χ1v) is 11.0. The first-order valence-electron chi connectivity index (χ1n) is 11.0. The van der Waals surface area contributed by atoms with Crippen LogP contribution in [0, 0.1) is 5.92 Å². The fraction of sp³-hybridized carbons (Fsp3) is 0.333. The number of fused-ring (bicyclic) bond motifs is 1. The van der Waals surface area contributed by atoms with Gasteiger partial charge in [0.25, 0.3) is 0 Å². The summed E-state index contributed by atoms with van der Waals surface area (Å²) in [7, 11) is 0. The predicted octanol–water partition coefficient (Wildman–Crippen LogP) is 3.52. The van der Waals surface area contributed by atoms with E-state index >= 15 is 0 Å². The molecule has 2 aliphatic rings. The summed E-state index contributed by atoms with van der Waals surface area (Å²) in [6.07, 6.45) is 12.0. The SMILES string of the molecule is C[C@@H](Oc1cc(-c2cnn(-c3ccncc3)c2)cc2ncn(C3CC3)c12)[C@H]1CNC(=O)C1. The van der Waals surface area contributed by atoms with Gasteiger partial charge in [-0.15, -0.1) is 0 Å². The van der Waals surface area contributed by atoms with Gasteiger partial charge >= 0.3 is 0 Å². The fourth-order valence-corrected chi connectivity index (χ4v) is 4.38. The summed E-state index contributed by atoms with van der Waals surface area (Å²) >= 11 is 0. The van der Waals surface area contributed by atoms with E-state index in [1.54, 1.807) is 12.4 Å². The summed E-state index contributed by atoms with van der Waals surface area (Å²) in [6, 6.07) is 8.51. The third-order valence-corrected chi connectivity index (χ3v) is 6.40. The highest BCUT2D eigenvalue weighted by molar-refractivity contribution is 5.88. The van der Waals surface area contributed by atoms with Crippen molar-refractivity contribution in [3.8, 4) is 22.6 Å². The van der Waals surface area contributed by atoms with E-state index < -0.39 is 0 Å². The van der Waals surface area contributed by atoms with E-state index in [-0.39, 0.29) is 17.9 Å². The van der Waals surface area contributed by atoms with Crippen LogP contribution in [0.1, 0.15) is 32.2 Å². The Morgan fingerprint density at radius 3 is 2.78 bits per heavy atom. The van der Waals surface area contributed by atoms with Crippen molar-refractivity contribution in [2.75, 3.05) is 6.54 Å². The number of hydrogen-bond acceptors (Lipinski definition) is 5. The lowest BCUT2D eigenvalue weighted by Crippen LogP contribution is -2.25. The lowest BCUT2D eigenvalue weighted by molar-refractivity contribution is -0.119. The Hall–Kier alpha value is -3.68. The molecule has 1 saturated carbocycles. The van der Waals surface area contributed by atoms with Crippen molar-refractivity contribution in [3.05, 3.63) is 55.4 Å². The van der Waals surface area contributed by atoms with Gasteiger partial charge in [-0.3, -0.25) is 9.78 Å². The maximum atomic E-state index is 11.7. The topological polar surface area (TPSA) is 86.9 Å². The molecule has 4 heterocycles. The predicted molar refractivity (Wildman–Crippen MR) is 120 cm³/mol. The minimum atomic E-state index is -0.0884. The molecule has 3 aromatic heterocycles. The quantitative estimate of drug-likeness (QED) is 0.508. The lowest BCUT2D eigenvalue weighted by atomic mass is 10.0. The second-order valence-electron chi connectivity index (χ2n) is 8.70. The molecular formula is C24H24N6O2. The molecule has 1 aromatic carbocycles. The highest BCUT2D eigenvalue weighted by atomic mass is 16.5. The molecular weight excluding hydrogens is 404 g/mol. The summed E-state index contributed by atoms with van der Waals surface area (Å²) in [5.41, 5.74) is 4.88. The van der Waals surface area contributed by atoms with Crippen molar-refractivity contribution in [2.24, 2.45) is 5.92 Å². The number of carbonyl (C=O) groups excluding carboxylic acids is 1. The Morgan fingerprint density at radius 2 is 2.03 bits per heavy atom. The maximum Gasteiger partial charge on any atom is 0.220 e. The molecule has 32 heavy (non-hydrogen) atoms. The van der Waals surface area contributed by atoms with Crippen LogP contribution in [-0.4, -0.2) is 42.9 Å². The summed E-state index contributed by atoms with van der Waals surface area (Å²) in [5.74, 6) is 1.06. The van der Waals surface area contributed by atoms with Gasteiger partial charge in [-0.05, 0) is 49.6 Å². The fourth-order valence-electron chi connectivity index (χ4n) is 4.38. The Bertz CT molecular complexity index is 1290. The van der Waals surface area contributed by atoms with Gasteiger partial charge in [0.15, 0.2) is 0 Å². The second kappa shape index (κ2) is 7.47. The Kier molecular flexibility index (Phi) is 4.45. The Balaban J connectivity index is 1.39. The number of aromatic nitrogens is 5. The van der Waals surface area contributed by atoms with Crippen molar-refractivity contribution in [1.82, 2.24) is 29.6 Å². The Labute approximate surface area is 185 Å². The van der Waals surface area contributed by atoms with Crippen molar-refractivity contribution >= 4 is 16.9 Å². The number of nitrogens with zero attached hydrogens (tertiary/aromatic N) is 5. The molecule has 2 fully saturated rings. The minimum absolute atomic E-state index is 0.0884. The number of amides is 1. The molecule has 6 rings (SSSR count). The molecule has 0 radical (unpaired) electrons. The van der Waals surface area contributed by atoms with Crippen LogP contribution in [0.2, 0.25) is 0 Å². The number of hydrogen-bond donors (Lipinski definition) is 1. The van der Waals surface area contributed by atoms with E-state index in [1.165, 1.54) is 12.8 Å². The molecule has 2 atom stereocenters. The van der Waals surface area contributed by atoms with E-state index in [4.69, 9.17) is 4.74 Å². The van der Waals surface area contributed by atoms with Gasteiger partial charge in [-0.25, -0.2) is 9.67 Å². The largest absolute Gasteiger partial charge is 0.488 e. The molecule has 4 aromatic rings. The van der Waals surface area contributed by atoms with Crippen LogP contribution >= 0.6 is 0 Å². The third-order valence-electron chi connectivity index (χ3n) is 6.40. The molecule has 0 unspecified atom stereocenters. The summed E-state index contributed by atoms with van der Waals surface area (Å²) in [6.45, 7) is 2.70. The third kappa shape index (κ3) is 3.41. The van der Waals surface area contributed by atoms with Gasteiger partial charge in [-0.2, -0.15) is 5.10 Å². The van der Waals surface area contributed by atoms with Crippen LogP contribution < -0.4 is 10.1 Å². The van der Waals surface area contributed by atoms with Gasteiger partial charge in [-0.1, -0.05) is 0 Å². The molecule has 1 N–H and O–H groups in total. The summed E-state index contributed by atoms with van der Waals surface area (Å²) < 4.78 is 10.6.